The molecule has 0 aromatic heterocycles. The van der Waals surface area contributed by atoms with E-state index in [0.717, 1.165) is 0 Å². The summed E-state index contributed by atoms with van der Waals surface area (Å²) in [5.41, 5.74) is 0.722. The van der Waals surface area contributed by atoms with Crippen LogP contribution in [0.3, 0.4) is 0 Å². The van der Waals surface area contributed by atoms with Crippen LogP contribution in [0.2, 0.25) is 5.02 Å². The fraction of sp³-hybridized carbons (Fsp3) is 0.222. The van der Waals surface area contributed by atoms with E-state index in [0.29, 0.717) is 10.6 Å². The summed E-state index contributed by atoms with van der Waals surface area (Å²) in [7, 11) is 2.48. The summed E-state index contributed by atoms with van der Waals surface area (Å²) in [6, 6.07) is 8.73. The van der Waals surface area contributed by atoms with E-state index in [4.69, 9.17) is 16.3 Å². The third-order valence-electron chi connectivity index (χ3n) is 3.93. The molecule has 2 aromatic carbocycles. The van der Waals surface area contributed by atoms with E-state index in [2.05, 4.69) is 10.1 Å². The number of nitro groups is 1. The number of nitrogens with one attached hydrogen (secondary N) is 1. The normalized spacial score (nSPS) is 11.4. The van der Waals surface area contributed by atoms with Crippen LogP contribution in [0.1, 0.15) is 28.8 Å². The number of hydrogen-bond acceptors (Lipinski definition) is 7. The number of nitro benzene ring substituents is 1. The highest BCUT2D eigenvalue weighted by atomic mass is 35.5. The van der Waals surface area contributed by atoms with Gasteiger partial charge in [0.05, 0.1) is 36.3 Å². The lowest BCUT2D eigenvalue weighted by Gasteiger charge is -2.14. The van der Waals surface area contributed by atoms with Gasteiger partial charge in [0, 0.05) is 11.1 Å². The van der Waals surface area contributed by atoms with Gasteiger partial charge in [0.2, 0.25) is 0 Å². The molecule has 2 rings (SSSR count). The molecule has 27 heavy (non-hydrogen) atoms. The maximum absolute atomic E-state index is 11.9. The Labute approximate surface area is 160 Å². The SMILES string of the molecule is COC(=O)c1ccc(Cl)cc1Nc1ccc(C(C)C(=O)OC)cc1[N+](=O)[O-]. The quantitative estimate of drug-likeness (QED) is 0.448. The standard InChI is InChI=1S/C18H17ClN2O6/c1-10(17(22)26-2)11-4-7-14(16(8-11)21(24)25)20-15-9-12(19)5-6-13(15)18(23)27-3/h4-10,20H,1-3H3. The minimum absolute atomic E-state index is 0.133. The van der Waals surface area contributed by atoms with Crippen molar-refractivity contribution in [1.29, 1.82) is 0 Å². The predicted octanol–water partition coefficient (Wildman–Crippen LogP) is 4.05. The Kier molecular flexibility index (Phi) is 6.36. The van der Waals surface area contributed by atoms with Gasteiger partial charge in [-0.1, -0.05) is 17.7 Å². The van der Waals surface area contributed by atoms with Crippen LogP contribution in [-0.2, 0) is 14.3 Å². The summed E-state index contributed by atoms with van der Waals surface area (Å²) in [5.74, 6) is -1.79. The maximum atomic E-state index is 11.9. The third-order valence-corrected chi connectivity index (χ3v) is 4.16. The summed E-state index contributed by atoms with van der Waals surface area (Å²) in [6.07, 6.45) is 0. The van der Waals surface area contributed by atoms with Gasteiger partial charge in [-0.2, -0.15) is 0 Å². The highest BCUT2D eigenvalue weighted by molar-refractivity contribution is 6.31. The van der Waals surface area contributed by atoms with Crippen molar-refractivity contribution in [3.05, 3.63) is 62.7 Å². The average Bonchev–Trinajstić information content (AvgIpc) is 2.66. The first-order chi connectivity index (χ1) is 12.8. The van der Waals surface area contributed by atoms with Crippen molar-refractivity contribution in [3.8, 4) is 0 Å². The Morgan fingerprint density at radius 1 is 1.11 bits per heavy atom. The molecule has 0 radical (unpaired) electrons. The van der Waals surface area contributed by atoms with Gasteiger partial charge in [0.25, 0.3) is 5.69 Å². The van der Waals surface area contributed by atoms with Crippen LogP contribution in [-0.4, -0.2) is 31.1 Å². The van der Waals surface area contributed by atoms with E-state index < -0.39 is 22.8 Å². The van der Waals surface area contributed by atoms with Gasteiger partial charge >= 0.3 is 11.9 Å². The number of rotatable bonds is 6. The van der Waals surface area contributed by atoms with Crippen molar-refractivity contribution in [2.45, 2.75) is 12.8 Å². The Bertz CT molecular complexity index is 899. The zero-order valence-electron chi connectivity index (χ0n) is 14.8. The molecule has 1 unspecified atom stereocenters. The molecule has 0 aliphatic heterocycles. The van der Waals surface area contributed by atoms with Crippen molar-refractivity contribution >= 4 is 40.6 Å². The van der Waals surface area contributed by atoms with Crippen molar-refractivity contribution in [3.63, 3.8) is 0 Å². The molecular weight excluding hydrogens is 376 g/mol. The monoisotopic (exact) mass is 392 g/mol. The van der Waals surface area contributed by atoms with E-state index in [9.17, 15) is 19.7 Å². The van der Waals surface area contributed by atoms with Crippen LogP contribution in [0.4, 0.5) is 17.1 Å². The Morgan fingerprint density at radius 2 is 1.81 bits per heavy atom. The number of benzene rings is 2. The number of anilines is 2. The van der Waals surface area contributed by atoms with Gasteiger partial charge in [-0.15, -0.1) is 0 Å². The molecule has 0 aliphatic rings. The second kappa shape index (κ2) is 8.50. The van der Waals surface area contributed by atoms with Gasteiger partial charge in [-0.25, -0.2) is 4.79 Å². The second-order valence-corrected chi connectivity index (χ2v) is 6.02. The van der Waals surface area contributed by atoms with Crippen LogP contribution in [0.25, 0.3) is 0 Å². The van der Waals surface area contributed by atoms with E-state index >= 15 is 0 Å². The molecular formula is C18H17ClN2O6. The van der Waals surface area contributed by atoms with Crippen LogP contribution < -0.4 is 5.32 Å². The molecule has 0 fully saturated rings. The number of nitrogens with zero attached hydrogens (tertiary/aromatic N) is 1. The molecule has 0 heterocycles. The van der Waals surface area contributed by atoms with Crippen molar-refractivity contribution < 1.29 is 24.0 Å². The van der Waals surface area contributed by atoms with Crippen LogP contribution >= 0.6 is 11.6 Å². The molecule has 142 valence electrons. The number of ether oxygens (including phenoxy) is 2. The first-order valence-corrected chi connectivity index (χ1v) is 8.17. The van der Waals surface area contributed by atoms with Gasteiger partial charge < -0.3 is 14.8 Å². The molecule has 0 amide bonds. The highest BCUT2D eigenvalue weighted by Crippen LogP contribution is 2.33. The zero-order valence-corrected chi connectivity index (χ0v) is 15.6. The summed E-state index contributed by atoms with van der Waals surface area (Å²) in [5, 5.41) is 14.7. The van der Waals surface area contributed by atoms with Crippen LogP contribution in [0, 0.1) is 10.1 Å². The number of carbonyl (C=O) groups is 2. The fourth-order valence-corrected chi connectivity index (χ4v) is 2.61. The number of methoxy groups -OCH3 is 2. The molecule has 1 atom stereocenters. The molecule has 0 aliphatic carbocycles. The lowest BCUT2D eigenvalue weighted by molar-refractivity contribution is -0.384. The molecule has 9 heteroatoms. The lowest BCUT2D eigenvalue weighted by atomic mass is 10.00. The van der Waals surface area contributed by atoms with Gasteiger partial charge in [-0.05, 0) is 36.8 Å². The van der Waals surface area contributed by atoms with E-state index in [-0.39, 0.29) is 22.6 Å². The van der Waals surface area contributed by atoms with Crippen molar-refractivity contribution in [2.24, 2.45) is 0 Å². The van der Waals surface area contributed by atoms with Crippen molar-refractivity contribution in [2.75, 3.05) is 19.5 Å². The molecule has 0 saturated heterocycles. The van der Waals surface area contributed by atoms with Gasteiger partial charge in [-0.3, -0.25) is 14.9 Å². The predicted molar refractivity (Wildman–Crippen MR) is 99.6 cm³/mol. The largest absolute Gasteiger partial charge is 0.469 e. The number of hydrogen-bond donors (Lipinski definition) is 1. The zero-order chi connectivity index (χ0) is 20.1. The number of carbonyl (C=O) groups excluding carboxylic acids is 2. The van der Waals surface area contributed by atoms with Crippen LogP contribution in [0.15, 0.2) is 36.4 Å². The molecule has 1 N–H and O–H groups in total. The summed E-state index contributed by atoms with van der Waals surface area (Å²) in [6.45, 7) is 1.59. The Balaban J connectivity index is 2.48. The fourth-order valence-electron chi connectivity index (χ4n) is 2.44. The van der Waals surface area contributed by atoms with Crippen molar-refractivity contribution in [1.82, 2.24) is 0 Å². The highest BCUT2D eigenvalue weighted by Gasteiger charge is 2.22. The summed E-state index contributed by atoms with van der Waals surface area (Å²) in [4.78, 5) is 34.5. The Hall–Kier alpha value is -3.13. The molecule has 0 bridgehead atoms. The minimum atomic E-state index is -0.667. The van der Waals surface area contributed by atoms with E-state index in [1.807, 2.05) is 0 Å². The molecule has 0 saturated carbocycles. The summed E-state index contributed by atoms with van der Waals surface area (Å²) >= 11 is 5.97. The first-order valence-electron chi connectivity index (χ1n) is 7.79. The van der Waals surface area contributed by atoms with Gasteiger partial charge in [0.15, 0.2) is 0 Å². The minimum Gasteiger partial charge on any atom is -0.469 e. The van der Waals surface area contributed by atoms with Gasteiger partial charge in [0.1, 0.15) is 5.69 Å². The average molecular weight is 393 g/mol. The maximum Gasteiger partial charge on any atom is 0.339 e. The number of esters is 2. The lowest BCUT2D eigenvalue weighted by Crippen LogP contribution is -2.11. The molecule has 8 nitrogen and oxygen atoms in total. The molecule has 2 aromatic rings. The van der Waals surface area contributed by atoms with Crippen LogP contribution in [0.5, 0.6) is 0 Å². The Morgan fingerprint density at radius 3 is 2.41 bits per heavy atom. The number of halogens is 1. The topological polar surface area (TPSA) is 108 Å². The molecule has 0 spiro atoms. The first kappa shape index (κ1) is 20.2. The second-order valence-electron chi connectivity index (χ2n) is 5.59. The summed E-state index contributed by atoms with van der Waals surface area (Å²) < 4.78 is 9.38. The van der Waals surface area contributed by atoms with E-state index in [1.54, 1.807) is 13.0 Å². The third kappa shape index (κ3) is 4.53. The smallest absolute Gasteiger partial charge is 0.339 e. The van der Waals surface area contributed by atoms with E-state index in [1.165, 1.54) is 44.6 Å².